The second-order valence-corrected chi connectivity index (χ2v) is 4.49. The summed E-state index contributed by atoms with van der Waals surface area (Å²) in [6.45, 7) is 3.93. The third-order valence-electron chi connectivity index (χ3n) is 3.25. The number of carbonyl (C=O) groups excluding carboxylic acids is 1. The Hall–Kier alpha value is -2.68. The Labute approximate surface area is 116 Å². The molecule has 0 aromatic heterocycles. The predicted octanol–water partition coefficient (Wildman–Crippen LogP) is 3.77. The monoisotopic (exact) mass is 265 g/mol. The van der Waals surface area contributed by atoms with Gasteiger partial charge in [-0.3, -0.25) is 9.69 Å². The van der Waals surface area contributed by atoms with E-state index in [1.165, 1.54) is 17.0 Å². The smallest absolute Gasteiger partial charge is 0.256 e. The topological polar surface area (TPSA) is 20.3 Å². The van der Waals surface area contributed by atoms with Gasteiger partial charge in [0.2, 0.25) is 0 Å². The van der Waals surface area contributed by atoms with E-state index in [0.717, 1.165) is 5.69 Å². The molecule has 0 spiro atoms. The quantitative estimate of drug-likeness (QED) is 0.809. The van der Waals surface area contributed by atoms with E-state index in [0.29, 0.717) is 16.8 Å². The highest BCUT2D eigenvalue weighted by molar-refractivity contribution is 6.17. The number of rotatable bonds is 2. The summed E-state index contributed by atoms with van der Waals surface area (Å²) in [5.74, 6) is -0.568. The van der Waals surface area contributed by atoms with Crippen molar-refractivity contribution in [1.82, 2.24) is 0 Å². The number of allylic oxidation sites excluding steroid dienone is 1. The van der Waals surface area contributed by atoms with Gasteiger partial charge in [0.1, 0.15) is 5.82 Å². The van der Waals surface area contributed by atoms with Crippen LogP contribution >= 0.6 is 0 Å². The van der Waals surface area contributed by atoms with Crippen LogP contribution in [-0.4, -0.2) is 5.91 Å². The van der Waals surface area contributed by atoms with E-state index in [4.69, 9.17) is 0 Å². The van der Waals surface area contributed by atoms with Gasteiger partial charge in [0.25, 0.3) is 5.91 Å². The van der Waals surface area contributed by atoms with Crippen LogP contribution in [0.15, 0.2) is 72.9 Å². The standard InChI is InChI=1S/C17H12FNO/c1-12-15(14-9-5-6-10-16(14)18)11-17(20)19(12)13-7-3-2-4-8-13/h2-11H,1H2. The summed E-state index contributed by atoms with van der Waals surface area (Å²) in [6, 6.07) is 15.6. The van der Waals surface area contributed by atoms with Crippen molar-refractivity contribution in [1.29, 1.82) is 0 Å². The lowest BCUT2D eigenvalue weighted by molar-refractivity contribution is -0.113. The highest BCUT2D eigenvalue weighted by Crippen LogP contribution is 2.35. The summed E-state index contributed by atoms with van der Waals surface area (Å²) >= 11 is 0. The molecule has 2 aromatic carbocycles. The number of anilines is 1. The van der Waals surface area contributed by atoms with Crippen molar-refractivity contribution in [2.24, 2.45) is 0 Å². The largest absolute Gasteiger partial charge is 0.277 e. The average Bonchev–Trinajstić information content (AvgIpc) is 2.75. The second-order valence-electron chi connectivity index (χ2n) is 4.49. The predicted molar refractivity (Wildman–Crippen MR) is 77.4 cm³/mol. The Kier molecular flexibility index (Phi) is 2.95. The lowest BCUT2D eigenvalue weighted by Gasteiger charge is -2.19. The van der Waals surface area contributed by atoms with Crippen molar-refractivity contribution in [2.45, 2.75) is 0 Å². The SMILES string of the molecule is C=C1C(c2ccccc2F)=CC(=O)N1c1ccccc1. The molecule has 0 atom stereocenters. The zero-order valence-corrected chi connectivity index (χ0v) is 10.7. The molecule has 3 heteroatoms. The van der Waals surface area contributed by atoms with E-state index < -0.39 is 0 Å². The molecule has 3 rings (SSSR count). The van der Waals surface area contributed by atoms with Crippen LogP contribution < -0.4 is 4.90 Å². The maximum Gasteiger partial charge on any atom is 0.256 e. The number of para-hydroxylation sites is 1. The third-order valence-corrected chi connectivity index (χ3v) is 3.25. The number of carbonyl (C=O) groups is 1. The zero-order valence-electron chi connectivity index (χ0n) is 10.7. The fourth-order valence-corrected chi connectivity index (χ4v) is 2.30. The van der Waals surface area contributed by atoms with E-state index in [9.17, 15) is 9.18 Å². The van der Waals surface area contributed by atoms with Crippen molar-refractivity contribution in [3.63, 3.8) is 0 Å². The third kappa shape index (κ3) is 1.93. The first kappa shape index (κ1) is 12.4. The molecular formula is C17H12FNO. The van der Waals surface area contributed by atoms with Crippen LogP contribution in [-0.2, 0) is 4.79 Å². The molecule has 2 nitrogen and oxygen atoms in total. The lowest BCUT2D eigenvalue weighted by Crippen LogP contribution is -2.22. The van der Waals surface area contributed by atoms with Gasteiger partial charge in [0.05, 0.1) is 5.70 Å². The van der Waals surface area contributed by atoms with Crippen LogP contribution in [0.1, 0.15) is 5.56 Å². The minimum absolute atomic E-state index is 0.209. The molecule has 0 saturated heterocycles. The lowest BCUT2D eigenvalue weighted by atomic mass is 10.0. The van der Waals surface area contributed by atoms with E-state index >= 15 is 0 Å². The molecule has 0 saturated carbocycles. The summed E-state index contributed by atoms with van der Waals surface area (Å²) in [6.07, 6.45) is 1.42. The molecule has 0 unspecified atom stereocenters. The molecule has 0 N–H and O–H groups in total. The van der Waals surface area contributed by atoms with Gasteiger partial charge >= 0.3 is 0 Å². The van der Waals surface area contributed by atoms with Crippen molar-refractivity contribution >= 4 is 17.2 Å². The first-order valence-electron chi connectivity index (χ1n) is 6.23. The van der Waals surface area contributed by atoms with Crippen LogP contribution in [0.4, 0.5) is 10.1 Å². The Balaban J connectivity index is 2.02. The van der Waals surface area contributed by atoms with E-state index in [-0.39, 0.29) is 11.7 Å². The molecule has 1 aliphatic heterocycles. The first-order chi connectivity index (χ1) is 9.68. The molecule has 0 radical (unpaired) electrons. The van der Waals surface area contributed by atoms with Gasteiger partial charge in [-0.1, -0.05) is 43.0 Å². The fraction of sp³-hybridized carbons (Fsp3) is 0. The number of hydrogen-bond acceptors (Lipinski definition) is 1. The number of halogens is 1. The van der Waals surface area contributed by atoms with Gasteiger partial charge in [-0.15, -0.1) is 0 Å². The van der Waals surface area contributed by atoms with Gasteiger partial charge in [0.15, 0.2) is 0 Å². The molecule has 1 heterocycles. The Bertz CT molecular complexity index is 719. The molecule has 2 aromatic rings. The Morgan fingerprint density at radius 1 is 0.950 bits per heavy atom. The molecule has 0 fully saturated rings. The summed E-state index contributed by atoms with van der Waals surface area (Å²) in [5, 5.41) is 0. The van der Waals surface area contributed by atoms with Crippen molar-refractivity contribution in [3.05, 3.63) is 84.3 Å². The number of amides is 1. The number of benzene rings is 2. The van der Waals surface area contributed by atoms with Gasteiger partial charge in [-0.05, 0) is 18.2 Å². The maximum atomic E-state index is 13.9. The zero-order chi connectivity index (χ0) is 14.1. The summed E-state index contributed by atoms with van der Waals surface area (Å²) in [7, 11) is 0. The van der Waals surface area contributed by atoms with E-state index in [1.54, 1.807) is 18.2 Å². The minimum Gasteiger partial charge on any atom is -0.277 e. The van der Waals surface area contributed by atoms with Crippen LogP contribution in [0.2, 0.25) is 0 Å². The maximum absolute atomic E-state index is 13.9. The highest BCUT2D eigenvalue weighted by Gasteiger charge is 2.28. The first-order valence-corrected chi connectivity index (χ1v) is 6.23. The molecule has 20 heavy (non-hydrogen) atoms. The molecule has 1 amide bonds. The van der Waals surface area contributed by atoms with Crippen LogP contribution in [0.5, 0.6) is 0 Å². The minimum atomic E-state index is -0.359. The highest BCUT2D eigenvalue weighted by atomic mass is 19.1. The number of nitrogens with zero attached hydrogens (tertiary/aromatic N) is 1. The molecule has 98 valence electrons. The summed E-state index contributed by atoms with van der Waals surface area (Å²) in [4.78, 5) is 13.6. The normalized spacial score (nSPS) is 14.7. The second kappa shape index (κ2) is 4.78. The number of hydrogen-bond donors (Lipinski definition) is 0. The molecule has 0 bridgehead atoms. The fourth-order valence-electron chi connectivity index (χ4n) is 2.30. The van der Waals surface area contributed by atoms with Gasteiger partial charge in [-0.25, -0.2) is 4.39 Å². The van der Waals surface area contributed by atoms with Gasteiger partial charge in [0, 0.05) is 22.9 Å². The summed E-state index contributed by atoms with van der Waals surface area (Å²) in [5.41, 5.74) is 2.14. The van der Waals surface area contributed by atoms with Crippen molar-refractivity contribution in [2.75, 3.05) is 4.90 Å². The van der Waals surface area contributed by atoms with Crippen LogP contribution in [0.25, 0.3) is 5.57 Å². The molecule has 0 aliphatic carbocycles. The Morgan fingerprint density at radius 2 is 1.60 bits per heavy atom. The average molecular weight is 265 g/mol. The van der Waals surface area contributed by atoms with E-state index in [1.807, 2.05) is 30.3 Å². The van der Waals surface area contributed by atoms with Crippen molar-refractivity contribution < 1.29 is 9.18 Å². The van der Waals surface area contributed by atoms with E-state index in [2.05, 4.69) is 6.58 Å². The van der Waals surface area contributed by atoms with Gasteiger partial charge in [-0.2, -0.15) is 0 Å². The summed E-state index contributed by atoms with van der Waals surface area (Å²) < 4.78 is 13.9. The Morgan fingerprint density at radius 3 is 2.30 bits per heavy atom. The van der Waals surface area contributed by atoms with Crippen molar-refractivity contribution in [3.8, 4) is 0 Å². The molecular weight excluding hydrogens is 253 g/mol. The molecule has 1 aliphatic rings. The van der Waals surface area contributed by atoms with Crippen LogP contribution in [0.3, 0.4) is 0 Å². The van der Waals surface area contributed by atoms with Gasteiger partial charge < -0.3 is 0 Å². The van der Waals surface area contributed by atoms with Crippen LogP contribution in [0, 0.1) is 5.82 Å².